The molecule has 0 aliphatic heterocycles. The molecule has 2 rings (SSSR count). The molecule has 0 amide bonds. The summed E-state index contributed by atoms with van der Waals surface area (Å²) in [5.74, 6) is -0.381. The van der Waals surface area contributed by atoms with E-state index in [9.17, 15) is 23.3 Å². The summed E-state index contributed by atoms with van der Waals surface area (Å²) in [5, 5.41) is 11.9. The Kier molecular flexibility index (Phi) is 5.26. The molecule has 0 spiro atoms. The number of alkyl halides is 2. The quantitative estimate of drug-likeness (QED) is 0.441. The van der Waals surface area contributed by atoms with Gasteiger partial charge in [0.15, 0.2) is 5.78 Å². The van der Waals surface area contributed by atoms with Gasteiger partial charge in [-0.25, -0.2) is 0 Å². The van der Waals surface area contributed by atoms with Crippen molar-refractivity contribution in [2.24, 2.45) is 5.16 Å². The Bertz CT molecular complexity index is 848. The molecule has 0 aromatic heterocycles. The van der Waals surface area contributed by atoms with E-state index >= 15 is 0 Å². The number of Topliss-reactive ketones (excluding diaryl/α,β-unsaturated/α-hetero) is 1. The van der Waals surface area contributed by atoms with Crippen molar-refractivity contribution in [2.45, 2.75) is 22.6 Å². The fraction of sp³-hybridized carbons (Fsp3) is 0.231. The molecule has 0 bridgehead atoms. The van der Waals surface area contributed by atoms with Crippen molar-refractivity contribution < 1.29 is 22.4 Å². The summed E-state index contributed by atoms with van der Waals surface area (Å²) in [6.45, 7) is 1.49. The van der Waals surface area contributed by atoms with Gasteiger partial charge in [0.05, 0.1) is 4.92 Å². The van der Waals surface area contributed by atoms with E-state index in [1.165, 1.54) is 13.0 Å². The number of ketones is 1. The largest absolute Gasteiger partial charge is 0.358 e. The number of hydrogen-bond donors (Lipinski definition) is 0. The summed E-state index contributed by atoms with van der Waals surface area (Å²) in [6, 6.07) is 4.07. The second-order valence-corrected chi connectivity index (χ2v) is 7.26. The highest BCUT2D eigenvalue weighted by atomic mass is 35.5. The van der Waals surface area contributed by atoms with Crippen molar-refractivity contribution in [1.82, 2.24) is 0 Å². The molecule has 24 heavy (non-hydrogen) atoms. The van der Waals surface area contributed by atoms with Crippen LogP contribution in [0.15, 0.2) is 46.0 Å². The van der Waals surface area contributed by atoms with Gasteiger partial charge >= 0.3 is 10.1 Å². The number of rotatable bonds is 4. The molecular weight excluding hydrogens is 383 g/mol. The highest BCUT2D eigenvalue weighted by molar-refractivity contribution is 7.86. The fourth-order valence-corrected chi connectivity index (χ4v) is 3.08. The van der Waals surface area contributed by atoms with Gasteiger partial charge in [-0.15, -0.1) is 23.2 Å². The first-order valence-corrected chi connectivity index (χ1v) is 8.68. The monoisotopic (exact) mass is 392 g/mol. The Balaban J connectivity index is 2.26. The normalized spacial score (nSPS) is 23.0. The van der Waals surface area contributed by atoms with Crippen LogP contribution >= 0.6 is 23.2 Å². The van der Waals surface area contributed by atoms with E-state index in [1.807, 2.05) is 0 Å². The molecular formula is C13H10Cl2N2O6S. The molecule has 1 aliphatic carbocycles. The maximum absolute atomic E-state index is 12.0. The first-order chi connectivity index (χ1) is 11.1. The first kappa shape index (κ1) is 18.4. The van der Waals surface area contributed by atoms with Gasteiger partial charge in [0.2, 0.25) is 0 Å². The highest BCUT2D eigenvalue weighted by Crippen LogP contribution is 2.24. The lowest BCUT2D eigenvalue weighted by Gasteiger charge is -2.20. The number of nitro groups is 1. The molecule has 0 fully saturated rings. The van der Waals surface area contributed by atoms with Gasteiger partial charge in [-0.3, -0.25) is 19.2 Å². The topological polar surface area (TPSA) is 116 Å². The van der Waals surface area contributed by atoms with Crippen LogP contribution in [0.5, 0.6) is 0 Å². The minimum Gasteiger partial charge on any atom is -0.293 e. The molecule has 1 aromatic rings. The fourth-order valence-electron chi connectivity index (χ4n) is 1.82. The molecule has 0 saturated carbocycles. The molecule has 1 aliphatic rings. The predicted molar refractivity (Wildman–Crippen MR) is 86.8 cm³/mol. The number of carbonyl (C=O) groups excluding carboxylic acids is 1. The molecule has 1 aromatic carbocycles. The van der Waals surface area contributed by atoms with Crippen LogP contribution in [0.25, 0.3) is 0 Å². The number of non-ortho nitro benzene ring substituents is 1. The van der Waals surface area contributed by atoms with Crippen molar-refractivity contribution >= 4 is 50.5 Å². The van der Waals surface area contributed by atoms with Gasteiger partial charge in [0, 0.05) is 12.1 Å². The third kappa shape index (κ3) is 3.74. The van der Waals surface area contributed by atoms with Crippen LogP contribution in [-0.2, 0) is 19.2 Å². The van der Waals surface area contributed by atoms with Crippen molar-refractivity contribution in [1.29, 1.82) is 0 Å². The molecule has 0 heterocycles. The number of nitro benzene ring substituents is 1. The lowest BCUT2D eigenvalue weighted by molar-refractivity contribution is -0.384. The van der Waals surface area contributed by atoms with E-state index in [2.05, 4.69) is 9.44 Å². The molecule has 128 valence electrons. The Morgan fingerprint density at radius 3 is 2.33 bits per heavy atom. The van der Waals surface area contributed by atoms with Gasteiger partial charge < -0.3 is 0 Å². The van der Waals surface area contributed by atoms with Gasteiger partial charge in [0.25, 0.3) is 5.69 Å². The lowest BCUT2D eigenvalue weighted by Crippen LogP contribution is -2.36. The molecule has 0 saturated heterocycles. The summed E-state index contributed by atoms with van der Waals surface area (Å²) >= 11 is 11.8. The molecule has 0 N–H and O–H groups in total. The van der Waals surface area contributed by atoms with Gasteiger partial charge in [-0.2, -0.15) is 8.42 Å². The van der Waals surface area contributed by atoms with Crippen molar-refractivity contribution in [2.75, 3.05) is 0 Å². The van der Waals surface area contributed by atoms with Crippen LogP contribution in [0.2, 0.25) is 0 Å². The minimum absolute atomic E-state index is 0.0146. The number of hydrogen-bond acceptors (Lipinski definition) is 7. The molecule has 0 radical (unpaired) electrons. The summed E-state index contributed by atoms with van der Waals surface area (Å²) in [6.07, 6.45) is 1.28. The zero-order chi connectivity index (χ0) is 18.1. The molecule has 8 nitrogen and oxygen atoms in total. The second kappa shape index (κ2) is 6.88. The van der Waals surface area contributed by atoms with E-state index < -0.39 is 25.8 Å². The van der Waals surface area contributed by atoms with Crippen LogP contribution in [0.1, 0.15) is 6.92 Å². The van der Waals surface area contributed by atoms with E-state index in [0.717, 1.165) is 24.3 Å². The SMILES string of the molecule is CC1=C/C(=N/OS(=O)(=O)c2ccc([N+](=O)[O-])cc2)[C@@H](Cl)[C@H](Cl)C1=O. The van der Waals surface area contributed by atoms with Crippen molar-refractivity contribution in [3.05, 3.63) is 46.0 Å². The van der Waals surface area contributed by atoms with Crippen LogP contribution in [-0.4, -0.2) is 35.6 Å². The number of carbonyl (C=O) groups is 1. The van der Waals surface area contributed by atoms with E-state index in [0.29, 0.717) is 0 Å². The van der Waals surface area contributed by atoms with E-state index in [1.54, 1.807) is 0 Å². The van der Waals surface area contributed by atoms with E-state index in [-0.39, 0.29) is 27.7 Å². The average Bonchev–Trinajstić information content (AvgIpc) is 2.55. The summed E-state index contributed by atoms with van der Waals surface area (Å²) in [5.41, 5.74) is -0.0170. The van der Waals surface area contributed by atoms with Gasteiger partial charge in [-0.05, 0) is 30.7 Å². The second-order valence-electron chi connectivity index (χ2n) is 4.79. The van der Waals surface area contributed by atoms with Crippen LogP contribution < -0.4 is 0 Å². The predicted octanol–water partition coefficient (Wildman–Crippen LogP) is 2.40. The van der Waals surface area contributed by atoms with Crippen LogP contribution in [0.3, 0.4) is 0 Å². The van der Waals surface area contributed by atoms with Gasteiger partial charge in [0.1, 0.15) is 21.4 Å². The summed E-state index contributed by atoms with van der Waals surface area (Å²) in [4.78, 5) is 21.2. The number of halogens is 2. The number of allylic oxidation sites excluding steroid dienone is 2. The first-order valence-electron chi connectivity index (χ1n) is 6.40. The number of nitrogens with zero attached hydrogens (tertiary/aromatic N) is 2. The van der Waals surface area contributed by atoms with Crippen molar-refractivity contribution in [3.63, 3.8) is 0 Å². The van der Waals surface area contributed by atoms with E-state index in [4.69, 9.17) is 23.2 Å². The zero-order valence-electron chi connectivity index (χ0n) is 12.0. The Labute approximate surface area is 147 Å². The third-order valence-corrected chi connectivity index (χ3v) is 5.30. The van der Waals surface area contributed by atoms with Crippen LogP contribution in [0.4, 0.5) is 5.69 Å². The van der Waals surface area contributed by atoms with Crippen LogP contribution in [0, 0.1) is 10.1 Å². The maximum atomic E-state index is 12.0. The highest BCUT2D eigenvalue weighted by Gasteiger charge is 2.34. The minimum atomic E-state index is -4.30. The lowest BCUT2D eigenvalue weighted by atomic mass is 9.97. The number of oxime groups is 1. The van der Waals surface area contributed by atoms with Gasteiger partial charge in [-0.1, -0.05) is 5.16 Å². The Morgan fingerprint density at radius 1 is 1.21 bits per heavy atom. The third-order valence-electron chi connectivity index (χ3n) is 3.12. The Morgan fingerprint density at radius 2 is 1.79 bits per heavy atom. The summed E-state index contributed by atoms with van der Waals surface area (Å²) in [7, 11) is -4.30. The number of benzene rings is 1. The zero-order valence-corrected chi connectivity index (χ0v) is 14.4. The maximum Gasteiger partial charge on any atom is 0.358 e. The summed E-state index contributed by atoms with van der Waals surface area (Å²) < 4.78 is 28.6. The molecule has 11 heteroatoms. The molecule has 2 atom stereocenters. The van der Waals surface area contributed by atoms with Crippen molar-refractivity contribution in [3.8, 4) is 0 Å². The smallest absolute Gasteiger partial charge is 0.293 e. The average molecular weight is 393 g/mol. The Hall–Kier alpha value is -1.97. The standard InChI is InChI=1S/C13H10Cl2N2O6S/c1-7-6-10(11(14)12(15)13(7)18)16-23-24(21,22)9-4-2-8(3-5-9)17(19)20/h2-6,11-12H,1H3/b16-10-/t11-,12+/m1/s1. The molecule has 0 unspecified atom stereocenters.